The second kappa shape index (κ2) is 8.30. The van der Waals surface area contributed by atoms with Crippen molar-refractivity contribution in [3.8, 4) is 5.82 Å². The fraction of sp³-hybridized carbons (Fsp3) is 0.250. The Labute approximate surface area is 143 Å². The Morgan fingerprint density at radius 2 is 2.23 bits per heavy atom. The first-order valence-corrected chi connectivity index (χ1v) is 6.68. The molecule has 3 N–H and O–H groups in total. The highest BCUT2D eigenvalue weighted by Crippen LogP contribution is 2.22. The lowest BCUT2D eigenvalue weighted by molar-refractivity contribution is -0.118. The van der Waals surface area contributed by atoms with Crippen molar-refractivity contribution in [2.75, 3.05) is 19.0 Å². The quantitative estimate of drug-likeness (QED) is 0.843. The maximum absolute atomic E-state index is 11.7. The van der Waals surface area contributed by atoms with Gasteiger partial charge in [-0.15, -0.1) is 12.4 Å². The van der Waals surface area contributed by atoms with Gasteiger partial charge in [0.05, 0.1) is 34.7 Å². The molecule has 0 aliphatic heterocycles. The van der Waals surface area contributed by atoms with Gasteiger partial charge in [-0.05, 0) is 6.07 Å². The standard InChI is InChI=1S/C12H13Cl2N5O2.ClH/c1-21-6-10(15)12(20)18-8-4-17-19(5-8)11-9(14)2-7(13)3-16-11;/h2-5,10H,6,15H2,1H3,(H,18,20);1H. The molecule has 0 radical (unpaired) electrons. The van der Waals surface area contributed by atoms with E-state index in [2.05, 4.69) is 15.4 Å². The van der Waals surface area contributed by atoms with Crippen molar-refractivity contribution in [3.05, 3.63) is 34.7 Å². The number of rotatable bonds is 5. The van der Waals surface area contributed by atoms with E-state index in [0.29, 0.717) is 21.6 Å². The number of nitrogens with two attached hydrogens (primary N) is 1. The number of hydrogen-bond donors (Lipinski definition) is 2. The number of ether oxygens (including phenoxy) is 1. The largest absolute Gasteiger partial charge is 0.383 e. The van der Waals surface area contributed by atoms with Gasteiger partial charge in [0, 0.05) is 13.3 Å². The van der Waals surface area contributed by atoms with Gasteiger partial charge in [-0.3, -0.25) is 4.79 Å². The van der Waals surface area contributed by atoms with Crippen LogP contribution in [0.3, 0.4) is 0 Å². The average molecular weight is 367 g/mol. The first kappa shape index (κ1) is 18.7. The third-order valence-electron chi connectivity index (χ3n) is 2.54. The Kier molecular flexibility index (Phi) is 7.05. The number of amides is 1. The Hall–Kier alpha value is -1.38. The van der Waals surface area contributed by atoms with E-state index in [1.54, 1.807) is 12.3 Å². The summed E-state index contributed by atoms with van der Waals surface area (Å²) >= 11 is 11.8. The van der Waals surface area contributed by atoms with Crippen LogP contribution in [0, 0.1) is 0 Å². The van der Waals surface area contributed by atoms with Gasteiger partial charge < -0.3 is 15.8 Å². The molecule has 2 aromatic rings. The number of aromatic nitrogens is 3. The first-order valence-electron chi connectivity index (χ1n) is 5.92. The lowest BCUT2D eigenvalue weighted by atomic mass is 10.3. The van der Waals surface area contributed by atoms with Gasteiger partial charge in [-0.25, -0.2) is 9.67 Å². The topological polar surface area (TPSA) is 95.1 Å². The number of nitrogens with zero attached hydrogens (tertiary/aromatic N) is 3. The Morgan fingerprint density at radius 1 is 1.50 bits per heavy atom. The van der Waals surface area contributed by atoms with Crippen molar-refractivity contribution < 1.29 is 9.53 Å². The molecular formula is C12H14Cl3N5O2. The Morgan fingerprint density at radius 3 is 2.86 bits per heavy atom. The zero-order chi connectivity index (χ0) is 15.4. The zero-order valence-electron chi connectivity index (χ0n) is 11.5. The van der Waals surface area contributed by atoms with Crippen LogP contribution in [0.15, 0.2) is 24.7 Å². The highest BCUT2D eigenvalue weighted by Gasteiger charge is 2.14. The van der Waals surface area contributed by atoms with Crippen molar-refractivity contribution in [2.24, 2.45) is 5.73 Å². The maximum atomic E-state index is 11.7. The Balaban J connectivity index is 0.00000242. The predicted molar refractivity (Wildman–Crippen MR) is 87.1 cm³/mol. The monoisotopic (exact) mass is 365 g/mol. The van der Waals surface area contributed by atoms with E-state index >= 15 is 0 Å². The molecule has 2 heterocycles. The maximum Gasteiger partial charge on any atom is 0.243 e. The molecule has 0 saturated heterocycles. The van der Waals surface area contributed by atoms with Crippen LogP contribution in [0.4, 0.5) is 5.69 Å². The van der Waals surface area contributed by atoms with Gasteiger partial charge in [-0.1, -0.05) is 23.2 Å². The first-order chi connectivity index (χ1) is 10.0. The fourth-order valence-corrected chi connectivity index (χ4v) is 2.04. The summed E-state index contributed by atoms with van der Waals surface area (Å²) in [5.74, 6) is 0.0364. The summed E-state index contributed by atoms with van der Waals surface area (Å²) in [6, 6.07) is 0.801. The second-order valence-corrected chi connectivity index (χ2v) is 5.03. The van der Waals surface area contributed by atoms with E-state index in [1.165, 1.54) is 24.2 Å². The van der Waals surface area contributed by atoms with Crippen LogP contribution in [0.2, 0.25) is 10.0 Å². The minimum absolute atomic E-state index is 0. The van der Waals surface area contributed by atoms with Crippen molar-refractivity contribution in [3.63, 3.8) is 0 Å². The summed E-state index contributed by atoms with van der Waals surface area (Å²) < 4.78 is 6.24. The molecule has 0 aliphatic rings. The number of carbonyl (C=O) groups excluding carboxylic acids is 1. The number of carbonyl (C=O) groups is 1. The molecule has 2 rings (SSSR count). The summed E-state index contributed by atoms with van der Waals surface area (Å²) in [7, 11) is 1.47. The number of pyridine rings is 1. The second-order valence-electron chi connectivity index (χ2n) is 4.18. The molecule has 120 valence electrons. The summed E-state index contributed by atoms with van der Waals surface area (Å²) in [6.07, 6.45) is 4.49. The molecule has 1 unspecified atom stereocenters. The zero-order valence-corrected chi connectivity index (χ0v) is 13.8. The molecule has 2 aromatic heterocycles. The summed E-state index contributed by atoms with van der Waals surface area (Å²) in [4.78, 5) is 15.8. The Bertz CT molecular complexity index is 649. The molecule has 0 spiro atoms. The van der Waals surface area contributed by atoms with Gasteiger partial charge in [0.15, 0.2) is 5.82 Å². The molecule has 0 fully saturated rings. The fourth-order valence-electron chi connectivity index (χ4n) is 1.57. The van der Waals surface area contributed by atoms with Crippen LogP contribution in [-0.4, -0.2) is 40.4 Å². The molecule has 0 aromatic carbocycles. The van der Waals surface area contributed by atoms with Gasteiger partial charge in [0.25, 0.3) is 0 Å². The molecule has 0 saturated carbocycles. The third-order valence-corrected chi connectivity index (χ3v) is 3.02. The molecule has 22 heavy (non-hydrogen) atoms. The van der Waals surface area contributed by atoms with Gasteiger partial charge in [0.2, 0.25) is 5.91 Å². The molecule has 0 bridgehead atoms. The van der Waals surface area contributed by atoms with E-state index in [-0.39, 0.29) is 24.9 Å². The minimum atomic E-state index is -0.754. The van der Waals surface area contributed by atoms with Crippen molar-refractivity contribution in [1.29, 1.82) is 0 Å². The van der Waals surface area contributed by atoms with E-state index in [1.807, 2.05) is 0 Å². The number of methoxy groups -OCH3 is 1. The minimum Gasteiger partial charge on any atom is -0.383 e. The van der Waals surface area contributed by atoms with Crippen molar-refractivity contribution in [2.45, 2.75) is 6.04 Å². The third kappa shape index (κ3) is 4.56. The smallest absolute Gasteiger partial charge is 0.243 e. The summed E-state index contributed by atoms with van der Waals surface area (Å²) in [6.45, 7) is 0.130. The molecule has 1 amide bonds. The van der Waals surface area contributed by atoms with Crippen molar-refractivity contribution >= 4 is 47.2 Å². The normalized spacial score (nSPS) is 11.6. The van der Waals surface area contributed by atoms with Crippen molar-refractivity contribution in [1.82, 2.24) is 14.8 Å². The van der Waals surface area contributed by atoms with E-state index in [9.17, 15) is 4.79 Å². The number of anilines is 1. The SMILES string of the molecule is COCC(N)C(=O)Nc1cnn(-c2ncc(Cl)cc2Cl)c1.Cl. The lowest BCUT2D eigenvalue weighted by Crippen LogP contribution is -2.39. The van der Waals surface area contributed by atoms with E-state index < -0.39 is 6.04 Å². The number of hydrogen-bond acceptors (Lipinski definition) is 5. The molecule has 0 aliphatic carbocycles. The van der Waals surface area contributed by atoms with Crippen LogP contribution >= 0.6 is 35.6 Å². The van der Waals surface area contributed by atoms with E-state index in [4.69, 9.17) is 33.7 Å². The van der Waals surface area contributed by atoms with Crippen LogP contribution in [0.5, 0.6) is 0 Å². The van der Waals surface area contributed by atoms with Crippen LogP contribution in [0.1, 0.15) is 0 Å². The average Bonchev–Trinajstić information content (AvgIpc) is 2.87. The molecule has 7 nitrogen and oxygen atoms in total. The number of halogens is 3. The predicted octanol–water partition coefficient (Wildman–Crippen LogP) is 1.91. The number of nitrogens with one attached hydrogen (secondary N) is 1. The highest BCUT2D eigenvalue weighted by atomic mass is 35.5. The molecular weight excluding hydrogens is 353 g/mol. The lowest BCUT2D eigenvalue weighted by Gasteiger charge is -2.09. The summed E-state index contributed by atoms with van der Waals surface area (Å²) in [5, 5.41) is 7.47. The van der Waals surface area contributed by atoms with Crippen LogP contribution < -0.4 is 11.1 Å². The van der Waals surface area contributed by atoms with E-state index in [0.717, 1.165) is 0 Å². The molecule has 10 heteroatoms. The van der Waals surface area contributed by atoms with Gasteiger partial charge in [0.1, 0.15) is 6.04 Å². The van der Waals surface area contributed by atoms with Gasteiger partial charge in [-0.2, -0.15) is 5.10 Å². The highest BCUT2D eigenvalue weighted by molar-refractivity contribution is 6.35. The van der Waals surface area contributed by atoms with Crippen LogP contribution in [-0.2, 0) is 9.53 Å². The summed E-state index contributed by atoms with van der Waals surface area (Å²) in [5.41, 5.74) is 6.09. The molecule has 1 atom stereocenters. The van der Waals surface area contributed by atoms with Crippen LogP contribution in [0.25, 0.3) is 5.82 Å². The van der Waals surface area contributed by atoms with Gasteiger partial charge >= 0.3 is 0 Å².